The molecule has 1 N–H and O–H groups in total. The van der Waals surface area contributed by atoms with Crippen LogP contribution in [0.5, 0.6) is 11.5 Å². The van der Waals surface area contributed by atoms with E-state index in [-0.39, 0.29) is 25.2 Å². The largest absolute Gasteiger partial charge is 0.454 e. The quantitative estimate of drug-likeness (QED) is 0.797. The lowest BCUT2D eigenvalue weighted by atomic mass is 10.1. The number of nitrogens with zero attached hydrogens (tertiary/aromatic N) is 1. The lowest BCUT2D eigenvalue weighted by molar-refractivity contribution is -0.126. The number of carbonyl (C=O) groups is 2. The molecule has 6 nitrogen and oxygen atoms in total. The van der Waals surface area contributed by atoms with E-state index in [4.69, 9.17) is 21.1 Å². The maximum atomic E-state index is 13.0. The molecule has 2 aliphatic rings. The third kappa shape index (κ3) is 2.91. The van der Waals surface area contributed by atoms with Crippen LogP contribution in [0.25, 0.3) is 0 Å². The Morgan fingerprint density at radius 3 is 2.77 bits per heavy atom. The molecule has 0 bridgehead atoms. The average molecular weight is 438 g/mol. The van der Waals surface area contributed by atoms with Gasteiger partial charge in [-0.05, 0) is 29.8 Å². The zero-order valence-electron chi connectivity index (χ0n) is 13.7. The molecule has 2 aromatic carbocycles. The summed E-state index contributed by atoms with van der Waals surface area (Å²) < 4.78 is 11.5. The summed E-state index contributed by atoms with van der Waals surface area (Å²) in [4.78, 5) is 26.1. The molecule has 0 aromatic heterocycles. The van der Waals surface area contributed by atoms with Crippen LogP contribution in [0.4, 0.5) is 5.69 Å². The standard InChI is InChI=1S/C18H14BrClN2O4/c1-9(23)21-17-12-5-11(19)2-3-14(12)22(18(17)24)7-10-4-15-16(6-13(10)20)26-8-25-15/h2-6,17H,7-8H2,1H3,(H,21,23). The van der Waals surface area contributed by atoms with Gasteiger partial charge in [-0.15, -0.1) is 0 Å². The predicted molar refractivity (Wildman–Crippen MR) is 99.5 cm³/mol. The van der Waals surface area contributed by atoms with Gasteiger partial charge in [0.25, 0.3) is 5.91 Å². The Balaban J connectivity index is 1.71. The first-order valence-electron chi connectivity index (χ1n) is 7.90. The van der Waals surface area contributed by atoms with Crippen molar-refractivity contribution in [1.29, 1.82) is 0 Å². The van der Waals surface area contributed by atoms with Gasteiger partial charge in [0.2, 0.25) is 12.7 Å². The number of nitrogens with one attached hydrogen (secondary N) is 1. The molecule has 8 heteroatoms. The monoisotopic (exact) mass is 436 g/mol. The smallest absolute Gasteiger partial charge is 0.254 e. The third-order valence-electron chi connectivity index (χ3n) is 4.32. The van der Waals surface area contributed by atoms with Crippen molar-refractivity contribution in [3.63, 3.8) is 0 Å². The Labute approximate surface area is 163 Å². The minimum Gasteiger partial charge on any atom is -0.454 e. The molecule has 0 saturated carbocycles. The van der Waals surface area contributed by atoms with Crippen LogP contribution in [-0.4, -0.2) is 18.6 Å². The zero-order valence-corrected chi connectivity index (χ0v) is 16.1. The van der Waals surface area contributed by atoms with Gasteiger partial charge in [0.05, 0.1) is 6.54 Å². The zero-order chi connectivity index (χ0) is 18.4. The van der Waals surface area contributed by atoms with Crippen molar-refractivity contribution in [2.75, 3.05) is 11.7 Å². The summed E-state index contributed by atoms with van der Waals surface area (Å²) in [6.07, 6.45) is 0. The number of amides is 2. The molecule has 2 aromatic rings. The van der Waals surface area contributed by atoms with Crippen molar-refractivity contribution in [3.05, 3.63) is 51.0 Å². The Hall–Kier alpha value is -2.25. The average Bonchev–Trinajstić information content (AvgIpc) is 3.12. The first-order valence-corrected chi connectivity index (χ1v) is 9.07. The van der Waals surface area contributed by atoms with Crippen molar-refractivity contribution >= 4 is 45.0 Å². The fraction of sp³-hybridized carbons (Fsp3) is 0.222. The fourth-order valence-electron chi connectivity index (χ4n) is 3.17. The van der Waals surface area contributed by atoms with Crippen LogP contribution in [0.2, 0.25) is 5.02 Å². The van der Waals surface area contributed by atoms with Crippen LogP contribution >= 0.6 is 27.5 Å². The van der Waals surface area contributed by atoms with Crippen LogP contribution in [0.15, 0.2) is 34.8 Å². The second-order valence-electron chi connectivity index (χ2n) is 6.06. The van der Waals surface area contributed by atoms with Gasteiger partial charge in [-0.2, -0.15) is 0 Å². The SMILES string of the molecule is CC(=O)NC1C(=O)N(Cc2cc3c(cc2Cl)OCO3)c2ccc(Br)cc21. The predicted octanol–water partition coefficient (Wildman–Crippen LogP) is 3.56. The second-order valence-corrected chi connectivity index (χ2v) is 7.38. The van der Waals surface area contributed by atoms with Crippen molar-refractivity contribution in [2.24, 2.45) is 0 Å². The van der Waals surface area contributed by atoms with E-state index < -0.39 is 6.04 Å². The number of halogens is 2. The van der Waals surface area contributed by atoms with Crippen LogP contribution in [0.1, 0.15) is 24.1 Å². The number of anilines is 1. The molecule has 2 heterocycles. The van der Waals surface area contributed by atoms with Gasteiger partial charge in [-0.25, -0.2) is 0 Å². The van der Waals surface area contributed by atoms with E-state index >= 15 is 0 Å². The number of fused-ring (bicyclic) bond motifs is 2. The third-order valence-corrected chi connectivity index (χ3v) is 5.17. The highest BCUT2D eigenvalue weighted by atomic mass is 79.9. The van der Waals surface area contributed by atoms with E-state index in [1.807, 2.05) is 18.2 Å². The molecule has 0 saturated heterocycles. The molecule has 134 valence electrons. The van der Waals surface area contributed by atoms with E-state index in [9.17, 15) is 9.59 Å². The summed E-state index contributed by atoms with van der Waals surface area (Å²) in [5, 5.41) is 3.21. The number of ether oxygens (including phenoxy) is 2. The van der Waals surface area contributed by atoms with E-state index in [0.717, 1.165) is 21.3 Å². The van der Waals surface area contributed by atoms with Crippen molar-refractivity contribution in [1.82, 2.24) is 5.32 Å². The van der Waals surface area contributed by atoms with Crippen molar-refractivity contribution in [3.8, 4) is 11.5 Å². The molecule has 26 heavy (non-hydrogen) atoms. The summed E-state index contributed by atoms with van der Waals surface area (Å²) >= 11 is 9.77. The summed E-state index contributed by atoms with van der Waals surface area (Å²) in [7, 11) is 0. The van der Waals surface area contributed by atoms with E-state index in [0.29, 0.717) is 16.5 Å². The molecule has 0 aliphatic carbocycles. The van der Waals surface area contributed by atoms with E-state index in [2.05, 4.69) is 21.2 Å². The highest BCUT2D eigenvalue weighted by Crippen LogP contribution is 2.41. The molecule has 1 unspecified atom stereocenters. The van der Waals surface area contributed by atoms with E-state index in [1.54, 1.807) is 17.0 Å². The number of hydrogen-bond donors (Lipinski definition) is 1. The number of benzene rings is 2. The maximum absolute atomic E-state index is 13.0. The summed E-state index contributed by atoms with van der Waals surface area (Å²) in [6.45, 7) is 1.81. The normalized spacial score (nSPS) is 17.4. The van der Waals surface area contributed by atoms with Gasteiger partial charge < -0.3 is 19.7 Å². The fourth-order valence-corrected chi connectivity index (χ4v) is 3.76. The first kappa shape index (κ1) is 17.2. The second kappa shape index (κ2) is 6.48. The van der Waals surface area contributed by atoms with Gasteiger partial charge >= 0.3 is 0 Å². The molecular formula is C18H14BrClN2O4. The van der Waals surface area contributed by atoms with Crippen LogP contribution < -0.4 is 19.7 Å². The van der Waals surface area contributed by atoms with Gasteiger partial charge in [-0.3, -0.25) is 9.59 Å². The maximum Gasteiger partial charge on any atom is 0.254 e. The summed E-state index contributed by atoms with van der Waals surface area (Å²) in [5.74, 6) is 0.719. The Morgan fingerprint density at radius 1 is 1.31 bits per heavy atom. The molecule has 2 amide bonds. The topological polar surface area (TPSA) is 67.9 Å². The van der Waals surface area contributed by atoms with Gasteiger partial charge in [-0.1, -0.05) is 27.5 Å². The molecule has 0 radical (unpaired) electrons. The molecule has 0 fully saturated rings. The minimum absolute atomic E-state index is 0.152. The van der Waals surface area contributed by atoms with Gasteiger partial charge in [0.15, 0.2) is 11.5 Å². The summed E-state index contributed by atoms with van der Waals surface area (Å²) in [5.41, 5.74) is 2.23. The Kier molecular flexibility index (Phi) is 4.28. The number of carbonyl (C=O) groups excluding carboxylic acids is 2. The Morgan fingerprint density at radius 2 is 2.04 bits per heavy atom. The highest BCUT2D eigenvalue weighted by molar-refractivity contribution is 9.10. The first-order chi connectivity index (χ1) is 12.4. The summed E-state index contributed by atoms with van der Waals surface area (Å²) in [6, 6.07) is 8.30. The molecular weight excluding hydrogens is 424 g/mol. The molecule has 2 aliphatic heterocycles. The number of hydrogen-bond acceptors (Lipinski definition) is 4. The van der Waals surface area contributed by atoms with Crippen LogP contribution in [-0.2, 0) is 16.1 Å². The minimum atomic E-state index is -0.715. The van der Waals surface area contributed by atoms with Crippen molar-refractivity contribution < 1.29 is 19.1 Å². The van der Waals surface area contributed by atoms with Crippen LogP contribution in [0, 0.1) is 0 Å². The lowest BCUT2D eigenvalue weighted by Gasteiger charge is -2.19. The number of rotatable bonds is 3. The van der Waals surface area contributed by atoms with Gasteiger partial charge in [0, 0.05) is 33.7 Å². The molecule has 4 rings (SSSR count). The lowest BCUT2D eigenvalue weighted by Crippen LogP contribution is -2.36. The van der Waals surface area contributed by atoms with Gasteiger partial charge in [0.1, 0.15) is 6.04 Å². The Bertz CT molecular complexity index is 934. The van der Waals surface area contributed by atoms with Crippen LogP contribution in [0.3, 0.4) is 0 Å². The molecule has 0 spiro atoms. The van der Waals surface area contributed by atoms with E-state index in [1.165, 1.54) is 6.92 Å². The van der Waals surface area contributed by atoms with Crippen molar-refractivity contribution in [2.45, 2.75) is 19.5 Å². The molecule has 1 atom stereocenters. The highest BCUT2D eigenvalue weighted by Gasteiger charge is 2.38.